The van der Waals surface area contributed by atoms with Crippen LogP contribution in [0.15, 0.2) is 48.6 Å². The highest BCUT2D eigenvalue weighted by atomic mass is 16.7. The number of hydrogen-bond donors (Lipinski definition) is 6. The van der Waals surface area contributed by atoms with Crippen LogP contribution in [0.5, 0.6) is 0 Å². The Kier molecular flexibility index (Phi) is 46.0. The molecule has 1 fully saturated rings. The van der Waals surface area contributed by atoms with E-state index in [9.17, 15) is 30.3 Å². The molecule has 9 heteroatoms. The topological polar surface area (TPSA) is 149 Å². The van der Waals surface area contributed by atoms with Crippen LogP contribution >= 0.6 is 0 Å². The number of ether oxygens (including phenoxy) is 2. The highest BCUT2D eigenvalue weighted by Crippen LogP contribution is 2.23. The number of amides is 1. The Morgan fingerprint density at radius 3 is 1.38 bits per heavy atom. The first-order valence-electron chi connectivity index (χ1n) is 28.9. The van der Waals surface area contributed by atoms with Crippen molar-refractivity contribution in [2.45, 2.75) is 307 Å². The fraction of sp³-hybridized carbons (Fsp3) is 0.847. The van der Waals surface area contributed by atoms with E-state index in [2.05, 4.69) is 55.6 Å². The van der Waals surface area contributed by atoms with Gasteiger partial charge in [0.05, 0.1) is 25.4 Å². The van der Waals surface area contributed by atoms with E-state index in [0.717, 1.165) is 70.6 Å². The maximum Gasteiger partial charge on any atom is 0.220 e. The van der Waals surface area contributed by atoms with Crippen LogP contribution in [-0.4, -0.2) is 87.5 Å². The molecule has 1 heterocycles. The molecule has 0 aromatic carbocycles. The summed E-state index contributed by atoms with van der Waals surface area (Å²) in [4.78, 5) is 13.0. The van der Waals surface area contributed by atoms with Gasteiger partial charge in [0.1, 0.15) is 24.4 Å². The number of nitrogens with one attached hydrogen (secondary N) is 1. The van der Waals surface area contributed by atoms with Crippen LogP contribution in [0.1, 0.15) is 264 Å². The minimum Gasteiger partial charge on any atom is -0.394 e. The van der Waals surface area contributed by atoms with E-state index in [0.29, 0.717) is 6.42 Å². The quantitative estimate of drug-likeness (QED) is 0.0261. The van der Waals surface area contributed by atoms with E-state index < -0.39 is 49.5 Å². The monoisotopic (exact) mass is 960 g/mol. The highest BCUT2D eigenvalue weighted by Gasteiger charge is 2.44. The van der Waals surface area contributed by atoms with Crippen molar-refractivity contribution in [3.63, 3.8) is 0 Å². The Morgan fingerprint density at radius 1 is 0.500 bits per heavy atom. The SMILES string of the molecule is CCC/C=C\C/C=C\CCCCCCCC(=O)NC(COC1OC(CO)C(O)C(O)C1O)C(O)/C=C/CC/C=C/CCCCCCCCCCCCCCCCCCCCCCCCCCCC. The zero-order chi connectivity index (χ0) is 49.4. The molecule has 7 atom stereocenters. The molecule has 9 nitrogen and oxygen atoms in total. The summed E-state index contributed by atoms with van der Waals surface area (Å²) in [6.07, 6.45) is 57.8. The number of aliphatic hydroxyl groups is 5. The first kappa shape index (κ1) is 64.2. The average molecular weight is 961 g/mol. The van der Waals surface area contributed by atoms with Gasteiger partial charge in [-0.2, -0.15) is 0 Å². The summed E-state index contributed by atoms with van der Waals surface area (Å²) in [5.74, 6) is -0.201. The van der Waals surface area contributed by atoms with Gasteiger partial charge in [0.15, 0.2) is 6.29 Å². The van der Waals surface area contributed by atoms with Crippen molar-refractivity contribution >= 4 is 5.91 Å². The summed E-state index contributed by atoms with van der Waals surface area (Å²) in [7, 11) is 0. The van der Waals surface area contributed by atoms with Crippen molar-refractivity contribution in [2.75, 3.05) is 13.2 Å². The Hall–Kier alpha value is -1.85. The minimum atomic E-state index is -1.58. The molecule has 0 spiro atoms. The molecule has 0 saturated carbocycles. The van der Waals surface area contributed by atoms with Crippen LogP contribution in [0, 0.1) is 0 Å². The number of unbranched alkanes of at least 4 members (excludes halogenated alkanes) is 33. The summed E-state index contributed by atoms with van der Waals surface area (Å²) < 4.78 is 11.2. The second-order valence-corrected chi connectivity index (χ2v) is 20.1. The molecule has 68 heavy (non-hydrogen) atoms. The summed E-state index contributed by atoms with van der Waals surface area (Å²) >= 11 is 0. The molecule has 0 aromatic rings. The summed E-state index contributed by atoms with van der Waals surface area (Å²) in [6, 6.07) is -0.830. The van der Waals surface area contributed by atoms with Crippen LogP contribution in [0.2, 0.25) is 0 Å². The first-order chi connectivity index (χ1) is 33.3. The summed E-state index contributed by atoms with van der Waals surface area (Å²) in [5, 5.41) is 54.3. The first-order valence-corrected chi connectivity index (χ1v) is 28.9. The van der Waals surface area contributed by atoms with Gasteiger partial charge in [0.25, 0.3) is 0 Å². The number of carbonyl (C=O) groups is 1. The lowest BCUT2D eigenvalue weighted by molar-refractivity contribution is -0.302. The van der Waals surface area contributed by atoms with E-state index in [-0.39, 0.29) is 12.5 Å². The van der Waals surface area contributed by atoms with Crippen molar-refractivity contribution in [2.24, 2.45) is 0 Å². The van der Waals surface area contributed by atoms with Crippen LogP contribution < -0.4 is 5.32 Å². The van der Waals surface area contributed by atoms with Crippen LogP contribution in [-0.2, 0) is 14.3 Å². The summed E-state index contributed by atoms with van der Waals surface area (Å²) in [6.45, 7) is 3.70. The van der Waals surface area contributed by atoms with Gasteiger partial charge in [-0.3, -0.25) is 4.79 Å². The molecule has 0 aliphatic carbocycles. The Labute approximate surface area is 418 Å². The molecule has 1 aliphatic heterocycles. The van der Waals surface area contributed by atoms with Crippen molar-refractivity contribution < 1.29 is 39.8 Å². The molecule has 0 aromatic heterocycles. The third-order valence-electron chi connectivity index (χ3n) is 13.6. The van der Waals surface area contributed by atoms with Crippen molar-refractivity contribution in [1.29, 1.82) is 0 Å². The lowest BCUT2D eigenvalue weighted by Gasteiger charge is -2.40. The average Bonchev–Trinajstić information content (AvgIpc) is 3.34. The predicted molar refractivity (Wildman–Crippen MR) is 286 cm³/mol. The van der Waals surface area contributed by atoms with Crippen molar-refractivity contribution in [3.05, 3.63) is 48.6 Å². The Balaban J connectivity index is 2.17. The van der Waals surface area contributed by atoms with Crippen LogP contribution in [0.3, 0.4) is 0 Å². The maximum absolute atomic E-state index is 13.0. The van der Waals surface area contributed by atoms with E-state index in [1.165, 1.54) is 173 Å². The standard InChI is InChI=1S/C59H109NO8/c1-3-5-7-9-11-13-15-17-18-19-20-21-22-23-24-25-26-27-28-29-30-31-32-33-34-35-37-38-40-42-44-46-48-53(62)52(51-67-59-58(66)57(65)56(64)54(50-61)68-59)60-55(63)49-47-45-43-41-39-36-16-14-12-10-8-6-4-2/h8,10,14,16,38,40,46,48,52-54,56-59,61-62,64-66H,3-7,9,11-13,15,17-37,39,41-45,47,49-51H2,1-2H3,(H,60,63)/b10-8-,16-14-,40-38+,48-46+. The number of aliphatic hydroxyl groups excluding tert-OH is 5. The largest absolute Gasteiger partial charge is 0.394 e. The molecule has 0 bridgehead atoms. The third-order valence-corrected chi connectivity index (χ3v) is 13.6. The molecule has 6 N–H and O–H groups in total. The zero-order valence-corrected chi connectivity index (χ0v) is 44.1. The zero-order valence-electron chi connectivity index (χ0n) is 44.1. The lowest BCUT2D eigenvalue weighted by Crippen LogP contribution is -2.60. The lowest BCUT2D eigenvalue weighted by atomic mass is 9.99. The number of hydrogen-bond acceptors (Lipinski definition) is 8. The minimum absolute atomic E-state index is 0.201. The van der Waals surface area contributed by atoms with Gasteiger partial charge < -0.3 is 40.3 Å². The van der Waals surface area contributed by atoms with Crippen LogP contribution in [0.25, 0.3) is 0 Å². The molecule has 0 radical (unpaired) electrons. The number of rotatable bonds is 49. The Morgan fingerprint density at radius 2 is 0.912 bits per heavy atom. The van der Waals surface area contributed by atoms with Gasteiger partial charge in [-0.05, 0) is 57.8 Å². The highest BCUT2D eigenvalue weighted by molar-refractivity contribution is 5.76. The van der Waals surface area contributed by atoms with Gasteiger partial charge >= 0.3 is 0 Å². The van der Waals surface area contributed by atoms with E-state index >= 15 is 0 Å². The third kappa shape index (κ3) is 37.9. The smallest absolute Gasteiger partial charge is 0.220 e. The fourth-order valence-corrected chi connectivity index (χ4v) is 9.04. The van der Waals surface area contributed by atoms with Gasteiger partial charge in [0, 0.05) is 6.42 Å². The molecule has 1 rings (SSSR count). The molecular formula is C59H109NO8. The number of carbonyl (C=O) groups excluding carboxylic acids is 1. The molecular weight excluding hydrogens is 851 g/mol. The molecule has 1 aliphatic rings. The molecule has 7 unspecified atom stereocenters. The van der Waals surface area contributed by atoms with Gasteiger partial charge in [0.2, 0.25) is 5.91 Å². The second kappa shape index (κ2) is 48.8. The van der Waals surface area contributed by atoms with Gasteiger partial charge in [-0.25, -0.2) is 0 Å². The molecule has 398 valence electrons. The predicted octanol–water partition coefficient (Wildman–Crippen LogP) is 14.1. The van der Waals surface area contributed by atoms with Gasteiger partial charge in [-0.15, -0.1) is 0 Å². The van der Waals surface area contributed by atoms with Gasteiger partial charge in [-0.1, -0.05) is 249 Å². The maximum atomic E-state index is 13.0. The molecule has 1 amide bonds. The second-order valence-electron chi connectivity index (χ2n) is 20.1. The van der Waals surface area contributed by atoms with Crippen molar-refractivity contribution in [1.82, 2.24) is 5.32 Å². The Bertz CT molecular complexity index is 1210. The van der Waals surface area contributed by atoms with E-state index in [4.69, 9.17) is 9.47 Å². The fourth-order valence-electron chi connectivity index (χ4n) is 9.04. The van der Waals surface area contributed by atoms with E-state index in [1.807, 2.05) is 6.08 Å². The molecule has 1 saturated heterocycles. The number of allylic oxidation sites excluding steroid dienone is 7. The normalized spacial score (nSPS) is 19.9. The van der Waals surface area contributed by atoms with Crippen LogP contribution in [0.4, 0.5) is 0 Å². The van der Waals surface area contributed by atoms with Crippen molar-refractivity contribution in [3.8, 4) is 0 Å². The van der Waals surface area contributed by atoms with E-state index in [1.54, 1.807) is 6.08 Å². The summed E-state index contributed by atoms with van der Waals surface area (Å²) in [5.41, 5.74) is 0.